The number of anilines is 1. The summed E-state index contributed by atoms with van der Waals surface area (Å²) < 4.78 is 7.05. The second-order valence-electron chi connectivity index (χ2n) is 5.70. The highest BCUT2D eigenvalue weighted by Crippen LogP contribution is 2.23. The summed E-state index contributed by atoms with van der Waals surface area (Å²) in [6, 6.07) is 4.96. The smallest absolute Gasteiger partial charge is 0.275 e. The molecule has 0 saturated carbocycles. The van der Waals surface area contributed by atoms with Crippen molar-refractivity contribution in [2.24, 2.45) is 0 Å². The number of amides is 2. The maximum atomic E-state index is 12.4. The van der Waals surface area contributed by atoms with E-state index in [1.54, 1.807) is 28.8 Å². The minimum Gasteiger partial charge on any atom is -0.496 e. The second-order valence-corrected chi connectivity index (χ2v) is 6.57. The van der Waals surface area contributed by atoms with Gasteiger partial charge in [0.25, 0.3) is 11.8 Å². The van der Waals surface area contributed by atoms with Crippen LogP contribution in [0.5, 0.6) is 5.75 Å². The lowest BCUT2D eigenvalue weighted by Gasteiger charge is -2.11. The van der Waals surface area contributed by atoms with Gasteiger partial charge in [0.05, 0.1) is 12.7 Å². The van der Waals surface area contributed by atoms with Crippen LogP contribution in [-0.4, -0.2) is 34.9 Å². The van der Waals surface area contributed by atoms with E-state index in [1.807, 2.05) is 11.6 Å². The molecule has 2 aromatic heterocycles. The van der Waals surface area contributed by atoms with Gasteiger partial charge in [-0.15, -0.1) is 11.3 Å². The standard InChI is InChI=1S/C18H20N4O3S/c1-3-4-7-19-16(23)13-10-12(5-6-15(13)25-2)20-17(24)14-11-22-8-9-26-18(22)21-14/h5-6,8-11H,3-4,7H2,1-2H3,(H,19,23)(H,20,24). The SMILES string of the molecule is CCCCNC(=O)c1cc(NC(=O)c2cn3ccsc3n2)ccc1OC. The summed E-state index contributed by atoms with van der Waals surface area (Å²) in [5.41, 5.74) is 1.21. The molecule has 0 spiro atoms. The Balaban J connectivity index is 1.76. The molecule has 8 heteroatoms. The molecule has 136 valence electrons. The van der Waals surface area contributed by atoms with E-state index in [-0.39, 0.29) is 11.8 Å². The quantitative estimate of drug-likeness (QED) is 0.624. The van der Waals surface area contributed by atoms with Crippen molar-refractivity contribution in [1.29, 1.82) is 0 Å². The molecule has 0 radical (unpaired) electrons. The molecular formula is C18H20N4O3S. The van der Waals surface area contributed by atoms with E-state index in [0.29, 0.717) is 29.2 Å². The van der Waals surface area contributed by atoms with Crippen LogP contribution in [0.2, 0.25) is 0 Å². The largest absolute Gasteiger partial charge is 0.496 e. The van der Waals surface area contributed by atoms with E-state index in [2.05, 4.69) is 22.5 Å². The van der Waals surface area contributed by atoms with Crippen molar-refractivity contribution in [1.82, 2.24) is 14.7 Å². The first-order valence-electron chi connectivity index (χ1n) is 8.32. The van der Waals surface area contributed by atoms with E-state index < -0.39 is 0 Å². The molecule has 0 fully saturated rings. The third-order valence-corrected chi connectivity index (χ3v) is 4.61. The monoisotopic (exact) mass is 372 g/mol. The van der Waals surface area contributed by atoms with Crippen molar-refractivity contribution in [2.45, 2.75) is 19.8 Å². The minimum absolute atomic E-state index is 0.228. The van der Waals surface area contributed by atoms with Gasteiger partial charge in [0.15, 0.2) is 4.96 Å². The predicted molar refractivity (Wildman–Crippen MR) is 101 cm³/mol. The molecule has 0 atom stereocenters. The second kappa shape index (κ2) is 8.01. The first-order chi connectivity index (χ1) is 12.6. The average molecular weight is 372 g/mol. The zero-order valence-corrected chi connectivity index (χ0v) is 15.4. The van der Waals surface area contributed by atoms with Gasteiger partial charge in [-0.25, -0.2) is 4.98 Å². The van der Waals surface area contributed by atoms with Gasteiger partial charge in [0, 0.05) is 30.0 Å². The first-order valence-corrected chi connectivity index (χ1v) is 9.20. The van der Waals surface area contributed by atoms with Crippen LogP contribution in [0.3, 0.4) is 0 Å². The molecule has 1 aromatic carbocycles. The molecule has 7 nitrogen and oxygen atoms in total. The molecule has 0 aliphatic carbocycles. The van der Waals surface area contributed by atoms with Gasteiger partial charge in [0.1, 0.15) is 11.4 Å². The molecule has 2 amide bonds. The first kappa shape index (κ1) is 17.9. The van der Waals surface area contributed by atoms with Crippen LogP contribution in [0.15, 0.2) is 36.0 Å². The number of carbonyl (C=O) groups excluding carboxylic acids is 2. The molecule has 0 saturated heterocycles. The summed E-state index contributed by atoms with van der Waals surface area (Å²) in [4.78, 5) is 29.8. The predicted octanol–water partition coefficient (Wildman–Crippen LogP) is 3.19. The van der Waals surface area contributed by atoms with Crippen molar-refractivity contribution < 1.29 is 14.3 Å². The minimum atomic E-state index is -0.330. The number of nitrogens with zero attached hydrogens (tertiary/aromatic N) is 2. The number of unbranched alkanes of at least 4 members (excludes halogenated alkanes) is 1. The molecule has 0 aliphatic rings. The normalized spacial score (nSPS) is 10.7. The molecule has 0 aliphatic heterocycles. The number of nitrogens with one attached hydrogen (secondary N) is 2. The van der Waals surface area contributed by atoms with Gasteiger partial charge in [-0.3, -0.25) is 14.0 Å². The number of imidazole rings is 1. The summed E-state index contributed by atoms with van der Waals surface area (Å²) in [5, 5.41) is 7.53. The summed E-state index contributed by atoms with van der Waals surface area (Å²) in [6.45, 7) is 2.66. The fraction of sp³-hybridized carbons (Fsp3) is 0.278. The van der Waals surface area contributed by atoms with Crippen LogP contribution in [-0.2, 0) is 0 Å². The van der Waals surface area contributed by atoms with Gasteiger partial charge in [-0.2, -0.15) is 0 Å². The molecule has 2 N–H and O–H groups in total. The van der Waals surface area contributed by atoms with Crippen molar-refractivity contribution >= 4 is 33.8 Å². The molecule has 0 unspecified atom stereocenters. The summed E-state index contributed by atoms with van der Waals surface area (Å²) in [5.74, 6) is -0.100. The van der Waals surface area contributed by atoms with E-state index in [9.17, 15) is 9.59 Å². The Hall–Kier alpha value is -2.87. The van der Waals surface area contributed by atoms with Crippen LogP contribution < -0.4 is 15.4 Å². The fourth-order valence-corrected chi connectivity index (χ4v) is 3.17. The number of carbonyl (C=O) groups is 2. The third-order valence-electron chi connectivity index (χ3n) is 3.84. The van der Waals surface area contributed by atoms with Crippen LogP contribution in [0, 0.1) is 0 Å². The van der Waals surface area contributed by atoms with Crippen molar-refractivity contribution in [3.05, 3.63) is 47.2 Å². The molecule has 3 rings (SSSR count). The number of rotatable bonds is 7. The maximum Gasteiger partial charge on any atom is 0.275 e. The Bertz CT molecular complexity index is 903. The van der Waals surface area contributed by atoms with E-state index >= 15 is 0 Å². The van der Waals surface area contributed by atoms with Crippen LogP contribution in [0.1, 0.15) is 40.6 Å². The van der Waals surface area contributed by atoms with Gasteiger partial charge in [-0.1, -0.05) is 13.3 Å². The van der Waals surface area contributed by atoms with Crippen molar-refractivity contribution in [3.63, 3.8) is 0 Å². The van der Waals surface area contributed by atoms with Gasteiger partial charge in [0.2, 0.25) is 0 Å². The zero-order chi connectivity index (χ0) is 18.5. The molecule has 3 aromatic rings. The van der Waals surface area contributed by atoms with E-state index in [0.717, 1.165) is 17.8 Å². The number of benzene rings is 1. The third kappa shape index (κ3) is 3.85. The number of thiazole rings is 1. The lowest BCUT2D eigenvalue weighted by molar-refractivity contribution is 0.0948. The fourth-order valence-electron chi connectivity index (χ4n) is 2.47. The average Bonchev–Trinajstić information content (AvgIpc) is 3.23. The highest BCUT2D eigenvalue weighted by Gasteiger charge is 2.16. The Morgan fingerprint density at radius 3 is 2.88 bits per heavy atom. The van der Waals surface area contributed by atoms with Crippen LogP contribution >= 0.6 is 11.3 Å². The Morgan fingerprint density at radius 1 is 1.31 bits per heavy atom. The van der Waals surface area contributed by atoms with Crippen molar-refractivity contribution in [3.8, 4) is 5.75 Å². The summed E-state index contributed by atoms with van der Waals surface area (Å²) >= 11 is 1.45. The highest BCUT2D eigenvalue weighted by molar-refractivity contribution is 7.15. The summed E-state index contributed by atoms with van der Waals surface area (Å²) in [7, 11) is 1.51. The summed E-state index contributed by atoms with van der Waals surface area (Å²) in [6.07, 6.45) is 5.41. The van der Waals surface area contributed by atoms with Gasteiger partial charge < -0.3 is 15.4 Å². The Morgan fingerprint density at radius 2 is 2.15 bits per heavy atom. The molecule has 0 bridgehead atoms. The van der Waals surface area contributed by atoms with Gasteiger partial charge >= 0.3 is 0 Å². The highest BCUT2D eigenvalue weighted by atomic mass is 32.1. The molecule has 2 heterocycles. The number of aromatic nitrogens is 2. The lowest BCUT2D eigenvalue weighted by Crippen LogP contribution is -2.25. The Labute approximate surface area is 155 Å². The topological polar surface area (TPSA) is 84.7 Å². The number of methoxy groups -OCH3 is 1. The zero-order valence-electron chi connectivity index (χ0n) is 14.6. The van der Waals surface area contributed by atoms with Crippen molar-refractivity contribution in [2.75, 3.05) is 19.0 Å². The number of fused-ring (bicyclic) bond motifs is 1. The number of hydrogen-bond donors (Lipinski definition) is 2. The number of hydrogen-bond acceptors (Lipinski definition) is 5. The maximum absolute atomic E-state index is 12.4. The number of ether oxygens (including phenoxy) is 1. The molecular weight excluding hydrogens is 352 g/mol. The van der Waals surface area contributed by atoms with Crippen LogP contribution in [0.25, 0.3) is 4.96 Å². The Kier molecular flexibility index (Phi) is 5.52. The van der Waals surface area contributed by atoms with Gasteiger partial charge in [-0.05, 0) is 24.6 Å². The van der Waals surface area contributed by atoms with Crippen LogP contribution in [0.4, 0.5) is 5.69 Å². The van der Waals surface area contributed by atoms with E-state index in [1.165, 1.54) is 18.4 Å². The lowest BCUT2D eigenvalue weighted by atomic mass is 10.1. The van der Waals surface area contributed by atoms with E-state index in [4.69, 9.17) is 4.74 Å². The molecule has 26 heavy (non-hydrogen) atoms.